The summed E-state index contributed by atoms with van der Waals surface area (Å²) in [5, 5.41) is 8.98. The second-order valence-electron chi connectivity index (χ2n) is 6.20. The number of hydrogen-bond acceptors (Lipinski definition) is 3. The van der Waals surface area contributed by atoms with E-state index < -0.39 is 10.0 Å². The van der Waals surface area contributed by atoms with Crippen LogP contribution in [-0.2, 0) is 22.9 Å². The summed E-state index contributed by atoms with van der Waals surface area (Å²) >= 11 is 0. The predicted octanol–water partition coefficient (Wildman–Crippen LogP) is -0.0234. The Bertz CT molecular complexity index is 701. The van der Waals surface area contributed by atoms with Crippen LogP contribution in [0.3, 0.4) is 0 Å². The van der Waals surface area contributed by atoms with E-state index in [0.717, 1.165) is 19.3 Å². The molecule has 0 amide bonds. The highest BCUT2D eigenvalue weighted by Crippen LogP contribution is 2.26. The number of nitrogens with one attached hydrogen (secondary N) is 1. The molecule has 0 aromatic heterocycles. The molecule has 118 valence electrons. The molecule has 6 heteroatoms. The summed E-state index contributed by atoms with van der Waals surface area (Å²) in [7, 11) is -3.40. The van der Waals surface area contributed by atoms with Gasteiger partial charge < -0.3 is 4.90 Å². The van der Waals surface area contributed by atoms with Crippen molar-refractivity contribution in [1.82, 2.24) is 4.31 Å². The molecule has 1 saturated heterocycles. The normalized spacial score (nSPS) is 21.3. The third-order valence-corrected chi connectivity index (χ3v) is 6.77. The molecule has 1 aromatic rings. The second-order valence-corrected chi connectivity index (χ2v) is 8.14. The van der Waals surface area contributed by atoms with Crippen LogP contribution < -0.4 is 4.90 Å². The first kappa shape index (κ1) is 15.5. The SMILES string of the molecule is C[C@H](C#N)[NH+]1CCN(S(=O)(=O)c2ccc3c(c2)CCC3)CC1. The van der Waals surface area contributed by atoms with Crippen LogP contribution in [0.1, 0.15) is 24.5 Å². The van der Waals surface area contributed by atoms with Gasteiger partial charge in [-0.15, -0.1) is 0 Å². The molecule has 1 atom stereocenters. The third-order valence-electron chi connectivity index (χ3n) is 4.88. The largest absolute Gasteiger partial charge is 0.319 e. The number of sulfonamides is 1. The molecule has 0 bridgehead atoms. The third kappa shape index (κ3) is 2.76. The van der Waals surface area contributed by atoms with Crippen LogP contribution >= 0.6 is 0 Å². The highest BCUT2D eigenvalue weighted by Gasteiger charge is 2.32. The van der Waals surface area contributed by atoms with E-state index in [1.54, 1.807) is 10.4 Å². The lowest BCUT2D eigenvalue weighted by atomic mass is 10.1. The van der Waals surface area contributed by atoms with Gasteiger partial charge in [0.1, 0.15) is 6.07 Å². The number of aryl methyl sites for hydroxylation is 2. The fourth-order valence-electron chi connectivity index (χ4n) is 3.40. The van der Waals surface area contributed by atoms with Crippen LogP contribution in [0, 0.1) is 11.3 Å². The summed E-state index contributed by atoms with van der Waals surface area (Å²) in [6.07, 6.45) is 3.16. The standard InChI is InChI=1S/C16H21N3O2S/c1-13(12-17)18-7-9-19(10-8-18)22(20,21)16-6-5-14-3-2-4-15(14)11-16/h5-6,11,13H,2-4,7-10H2,1H3/p+1/t13-/m1/s1. The fourth-order valence-corrected chi connectivity index (χ4v) is 4.89. The van der Waals surface area contributed by atoms with Gasteiger partial charge in [0.25, 0.3) is 0 Å². The van der Waals surface area contributed by atoms with Crippen LogP contribution in [-0.4, -0.2) is 44.9 Å². The molecule has 0 unspecified atom stereocenters. The maximum Gasteiger partial charge on any atom is 0.243 e. The Balaban J connectivity index is 1.76. The van der Waals surface area contributed by atoms with Crippen molar-refractivity contribution in [1.29, 1.82) is 5.26 Å². The summed E-state index contributed by atoms with van der Waals surface area (Å²) in [5.74, 6) is 0. The minimum atomic E-state index is -3.40. The average molecular weight is 320 g/mol. The van der Waals surface area contributed by atoms with Crippen LogP contribution in [0.5, 0.6) is 0 Å². The molecule has 0 radical (unpaired) electrons. The number of hydrogen-bond donors (Lipinski definition) is 1. The molecule has 1 heterocycles. The zero-order chi connectivity index (χ0) is 15.7. The Morgan fingerprint density at radius 1 is 1.23 bits per heavy atom. The van der Waals surface area contributed by atoms with Gasteiger partial charge in [0.2, 0.25) is 10.0 Å². The molecule has 1 aliphatic carbocycles. The van der Waals surface area contributed by atoms with Crippen molar-refractivity contribution in [2.45, 2.75) is 37.1 Å². The van der Waals surface area contributed by atoms with Gasteiger partial charge in [-0.25, -0.2) is 8.42 Å². The maximum atomic E-state index is 12.8. The Kier molecular flexibility index (Phi) is 4.22. The molecule has 1 fully saturated rings. The Labute approximate surface area is 132 Å². The van der Waals surface area contributed by atoms with Gasteiger partial charge in [0, 0.05) is 6.92 Å². The van der Waals surface area contributed by atoms with Gasteiger partial charge in [0.15, 0.2) is 6.04 Å². The van der Waals surface area contributed by atoms with Crippen molar-refractivity contribution < 1.29 is 13.3 Å². The first-order valence-electron chi connectivity index (χ1n) is 7.88. The van der Waals surface area contributed by atoms with Gasteiger partial charge in [0.05, 0.1) is 31.1 Å². The molecular weight excluding hydrogens is 298 g/mol. The molecule has 22 heavy (non-hydrogen) atoms. The Morgan fingerprint density at radius 2 is 1.91 bits per heavy atom. The summed E-state index contributed by atoms with van der Waals surface area (Å²) in [6, 6.07) is 7.73. The minimum Gasteiger partial charge on any atom is -0.319 e. The maximum absolute atomic E-state index is 12.8. The molecule has 0 spiro atoms. The molecule has 3 rings (SSSR count). The zero-order valence-corrected chi connectivity index (χ0v) is 13.7. The first-order chi connectivity index (χ1) is 10.5. The zero-order valence-electron chi connectivity index (χ0n) is 12.9. The van der Waals surface area contributed by atoms with E-state index in [1.165, 1.54) is 16.0 Å². The van der Waals surface area contributed by atoms with Gasteiger partial charge in [-0.05, 0) is 42.5 Å². The fraction of sp³-hybridized carbons (Fsp3) is 0.562. The van der Waals surface area contributed by atoms with Crippen molar-refractivity contribution in [3.63, 3.8) is 0 Å². The van der Waals surface area contributed by atoms with E-state index in [1.807, 2.05) is 19.1 Å². The lowest BCUT2D eigenvalue weighted by Crippen LogP contribution is -3.17. The van der Waals surface area contributed by atoms with Crippen LogP contribution in [0.15, 0.2) is 23.1 Å². The topological polar surface area (TPSA) is 65.6 Å². The van der Waals surface area contributed by atoms with Crippen LogP contribution in [0.25, 0.3) is 0 Å². The van der Waals surface area contributed by atoms with Gasteiger partial charge in [-0.1, -0.05) is 6.07 Å². The van der Waals surface area contributed by atoms with Gasteiger partial charge >= 0.3 is 0 Å². The van der Waals surface area contributed by atoms with Crippen molar-refractivity contribution in [3.05, 3.63) is 29.3 Å². The molecule has 1 aliphatic heterocycles. The number of nitriles is 1. The van der Waals surface area contributed by atoms with Crippen molar-refractivity contribution >= 4 is 10.0 Å². The van der Waals surface area contributed by atoms with E-state index >= 15 is 0 Å². The number of nitrogens with zero attached hydrogens (tertiary/aromatic N) is 2. The molecular formula is C16H22N3O2S+. The molecule has 2 aliphatic rings. The van der Waals surface area contributed by atoms with Crippen molar-refractivity contribution in [2.24, 2.45) is 0 Å². The van der Waals surface area contributed by atoms with Gasteiger partial charge in [-0.2, -0.15) is 9.57 Å². The quantitative estimate of drug-likeness (QED) is 0.851. The molecule has 1 N–H and O–H groups in total. The monoisotopic (exact) mass is 320 g/mol. The smallest absolute Gasteiger partial charge is 0.243 e. The second kappa shape index (κ2) is 5.99. The van der Waals surface area contributed by atoms with Crippen LogP contribution in [0.2, 0.25) is 0 Å². The lowest BCUT2D eigenvalue weighted by molar-refractivity contribution is -0.918. The van der Waals surface area contributed by atoms with E-state index in [2.05, 4.69) is 6.07 Å². The summed E-state index contributed by atoms with van der Waals surface area (Å²) < 4.78 is 27.1. The molecule has 1 aromatic carbocycles. The Hall–Kier alpha value is -1.42. The summed E-state index contributed by atoms with van der Waals surface area (Å²) in [6.45, 7) is 4.25. The van der Waals surface area contributed by atoms with E-state index in [0.29, 0.717) is 31.1 Å². The number of quaternary nitrogens is 1. The number of rotatable bonds is 3. The van der Waals surface area contributed by atoms with Gasteiger partial charge in [-0.3, -0.25) is 0 Å². The first-order valence-corrected chi connectivity index (χ1v) is 9.32. The number of piperazine rings is 1. The van der Waals surface area contributed by atoms with E-state index in [-0.39, 0.29) is 6.04 Å². The number of benzene rings is 1. The summed E-state index contributed by atoms with van der Waals surface area (Å²) in [5.41, 5.74) is 2.47. The van der Waals surface area contributed by atoms with Crippen LogP contribution in [0.4, 0.5) is 0 Å². The minimum absolute atomic E-state index is 0.0788. The molecule has 5 nitrogen and oxygen atoms in total. The highest BCUT2D eigenvalue weighted by atomic mass is 32.2. The lowest BCUT2D eigenvalue weighted by Gasteiger charge is -2.32. The van der Waals surface area contributed by atoms with Crippen molar-refractivity contribution in [3.8, 4) is 6.07 Å². The van der Waals surface area contributed by atoms with E-state index in [9.17, 15) is 8.42 Å². The summed E-state index contributed by atoms with van der Waals surface area (Å²) in [4.78, 5) is 1.59. The van der Waals surface area contributed by atoms with E-state index in [4.69, 9.17) is 5.26 Å². The van der Waals surface area contributed by atoms with Crippen molar-refractivity contribution in [2.75, 3.05) is 26.2 Å². The highest BCUT2D eigenvalue weighted by molar-refractivity contribution is 7.89. The number of fused-ring (bicyclic) bond motifs is 1. The predicted molar refractivity (Wildman–Crippen MR) is 83.0 cm³/mol. The Morgan fingerprint density at radius 3 is 2.59 bits per heavy atom. The average Bonchev–Trinajstić information content (AvgIpc) is 3.01. The molecule has 0 saturated carbocycles.